The van der Waals surface area contributed by atoms with E-state index in [1.807, 2.05) is 0 Å². The Morgan fingerprint density at radius 3 is 2.63 bits per heavy atom. The molecule has 1 rings (SSSR count). The zero-order valence-corrected chi connectivity index (χ0v) is 12.0. The van der Waals surface area contributed by atoms with Crippen molar-refractivity contribution in [2.75, 3.05) is 19.8 Å². The van der Waals surface area contributed by atoms with Gasteiger partial charge in [0.05, 0.1) is 11.5 Å². The van der Waals surface area contributed by atoms with Gasteiger partial charge in [-0.15, -0.1) is 0 Å². The lowest BCUT2D eigenvalue weighted by Crippen LogP contribution is -2.28. The lowest BCUT2D eigenvalue weighted by Gasteiger charge is -2.08. The Bertz CT molecular complexity index is 516. The topological polar surface area (TPSA) is 88.3 Å². The predicted molar refractivity (Wildman–Crippen MR) is 72.5 cm³/mol. The number of H-pyrrole nitrogens is 1. The molecule has 2 N–H and O–H groups in total. The molecule has 7 heteroatoms. The van der Waals surface area contributed by atoms with Crippen LogP contribution in [0, 0.1) is 5.92 Å². The molecule has 0 fully saturated rings. The van der Waals surface area contributed by atoms with Gasteiger partial charge in [-0.05, 0) is 18.4 Å². The van der Waals surface area contributed by atoms with Crippen LogP contribution in [0.15, 0.2) is 28.0 Å². The number of nitrogens with one attached hydrogen (secondary N) is 2. The van der Waals surface area contributed by atoms with Crippen LogP contribution in [0.5, 0.6) is 0 Å². The highest BCUT2D eigenvalue weighted by molar-refractivity contribution is 7.89. The van der Waals surface area contributed by atoms with Gasteiger partial charge in [0.2, 0.25) is 15.6 Å². The number of pyridine rings is 1. The standard InChI is InChI=1S/C12H20N2O4S/c1-10(2)5-7-18-8-6-14-19(16,17)11-3-4-12(15)13-9-11/h3-4,9-10,14H,5-8H2,1-2H3,(H,13,15). The highest BCUT2D eigenvalue weighted by Gasteiger charge is 2.12. The van der Waals surface area contributed by atoms with Gasteiger partial charge < -0.3 is 9.72 Å². The number of hydrogen-bond donors (Lipinski definition) is 2. The van der Waals surface area contributed by atoms with Crippen molar-refractivity contribution in [1.82, 2.24) is 9.71 Å². The summed E-state index contributed by atoms with van der Waals surface area (Å²) in [6.07, 6.45) is 2.12. The second kappa shape index (κ2) is 7.42. The van der Waals surface area contributed by atoms with Crippen molar-refractivity contribution >= 4 is 10.0 Å². The normalized spacial score (nSPS) is 11.9. The Morgan fingerprint density at radius 2 is 2.05 bits per heavy atom. The van der Waals surface area contributed by atoms with E-state index in [0.29, 0.717) is 19.1 Å². The Hall–Kier alpha value is -1.18. The van der Waals surface area contributed by atoms with E-state index < -0.39 is 10.0 Å². The Balaban J connectivity index is 2.35. The average molecular weight is 288 g/mol. The van der Waals surface area contributed by atoms with E-state index in [0.717, 1.165) is 6.42 Å². The minimum atomic E-state index is -3.58. The minimum absolute atomic E-state index is 0.0364. The summed E-state index contributed by atoms with van der Waals surface area (Å²) in [6.45, 7) is 5.36. The summed E-state index contributed by atoms with van der Waals surface area (Å²) in [7, 11) is -3.58. The van der Waals surface area contributed by atoms with Crippen molar-refractivity contribution in [3.63, 3.8) is 0 Å². The summed E-state index contributed by atoms with van der Waals surface area (Å²) in [5.74, 6) is 0.567. The smallest absolute Gasteiger partial charge is 0.247 e. The molecule has 6 nitrogen and oxygen atoms in total. The SMILES string of the molecule is CC(C)CCOCCNS(=O)(=O)c1ccc(=O)[nH]c1. The minimum Gasteiger partial charge on any atom is -0.380 e. The molecule has 0 aliphatic carbocycles. The third-order valence-electron chi connectivity index (χ3n) is 2.44. The molecule has 1 aromatic heterocycles. The van der Waals surface area contributed by atoms with Gasteiger partial charge in [-0.3, -0.25) is 4.79 Å². The van der Waals surface area contributed by atoms with E-state index in [1.54, 1.807) is 0 Å². The first-order valence-electron chi connectivity index (χ1n) is 6.18. The molecule has 0 aromatic carbocycles. The van der Waals surface area contributed by atoms with E-state index >= 15 is 0 Å². The molecule has 108 valence electrons. The third-order valence-corrected chi connectivity index (χ3v) is 3.90. The molecule has 0 saturated heterocycles. The highest BCUT2D eigenvalue weighted by atomic mass is 32.2. The van der Waals surface area contributed by atoms with Crippen LogP contribution in [0.2, 0.25) is 0 Å². The molecule has 1 aromatic rings. The summed E-state index contributed by atoms with van der Waals surface area (Å²) in [5, 5.41) is 0. The number of aromatic nitrogens is 1. The monoisotopic (exact) mass is 288 g/mol. The lowest BCUT2D eigenvalue weighted by molar-refractivity contribution is 0.128. The third kappa shape index (κ3) is 6.00. The summed E-state index contributed by atoms with van der Waals surface area (Å²) >= 11 is 0. The summed E-state index contributed by atoms with van der Waals surface area (Å²) in [4.78, 5) is 13.2. The summed E-state index contributed by atoms with van der Waals surface area (Å²) in [5.41, 5.74) is -0.337. The van der Waals surface area contributed by atoms with Gasteiger partial charge in [-0.2, -0.15) is 0 Å². The van der Waals surface area contributed by atoms with Crippen LogP contribution in [-0.4, -0.2) is 33.2 Å². The second-order valence-electron chi connectivity index (χ2n) is 4.58. The average Bonchev–Trinajstić information content (AvgIpc) is 2.34. The molecule has 19 heavy (non-hydrogen) atoms. The van der Waals surface area contributed by atoms with Crippen LogP contribution in [0.1, 0.15) is 20.3 Å². The van der Waals surface area contributed by atoms with Crippen LogP contribution >= 0.6 is 0 Å². The van der Waals surface area contributed by atoms with Crippen molar-refractivity contribution in [2.45, 2.75) is 25.2 Å². The van der Waals surface area contributed by atoms with Gasteiger partial charge in [0.25, 0.3) is 0 Å². The van der Waals surface area contributed by atoms with E-state index in [-0.39, 0.29) is 17.0 Å². The maximum absolute atomic E-state index is 11.8. The van der Waals surface area contributed by atoms with E-state index in [2.05, 4.69) is 23.6 Å². The number of hydrogen-bond acceptors (Lipinski definition) is 4. The van der Waals surface area contributed by atoms with Crippen molar-refractivity contribution in [1.29, 1.82) is 0 Å². The van der Waals surface area contributed by atoms with Gasteiger partial charge in [0.15, 0.2) is 0 Å². The lowest BCUT2D eigenvalue weighted by atomic mass is 10.1. The van der Waals surface area contributed by atoms with Crippen LogP contribution < -0.4 is 10.3 Å². The zero-order valence-electron chi connectivity index (χ0n) is 11.2. The summed E-state index contributed by atoms with van der Waals surface area (Å²) in [6, 6.07) is 2.44. The van der Waals surface area contributed by atoms with Crippen LogP contribution in [-0.2, 0) is 14.8 Å². The number of sulfonamides is 1. The maximum Gasteiger partial charge on any atom is 0.247 e. The van der Waals surface area contributed by atoms with Gasteiger partial charge in [-0.1, -0.05) is 13.8 Å². The quantitative estimate of drug-likeness (QED) is 0.690. The van der Waals surface area contributed by atoms with Crippen molar-refractivity contribution < 1.29 is 13.2 Å². The fourth-order valence-corrected chi connectivity index (χ4v) is 2.30. The fourth-order valence-electron chi connectivity index (χ4n) is 1.32. The van der Waals surface area contributed by atoms with Crippen molar-refractivity contribution in [3.8, 4) is 0 Å². The van der Waals surface area contributed by atoms with Gasteiger partial charge in [-0.25, -0.2) is 13.1 Å². The van der Waals surface area contributed by atoms with Gasteiger partial charge in [0, 0.05) is 25.4 Å². The molecule has 0 amide bonds. The van der Waals surface area contributed by atoms with E-state index in [4.69, 9.17) is 4.74 Å². The van der Waals surface area contributed by atoms with E-state index in [9.17, 15) is 13.2 Å². The van der Waals surface area contributed by atoms with Crippen LogP contribution in [0.4, 0.5) is 0 Å². The molecule has 0 spiro atoms. The second-order valence-corrected chi connectivity index (χ2v) is 6.35. The molecular formula is C12H20N2O4S. The molecule has 0 aliphatic rings. The van der Waals surface area contributed by atoms with Crippen molar-refractivity contribution in [2.24, 2.45) is 5.92 Å². The Morgan fingerprint density at radius 1 is 1.32 bits per heavy atom. The van der Waals surface area contributed by atoms with E-state index in [1.165, 1.54) is 18.3 Å². The Labute approximate surface area is 113 Å². The van der Waals surface area contributed by atoms with Crippen molar-refractivity contribution in [3.05, 3.63) is 28.7 Å². The first-order valence-corrected chi connectivity index (χ1v) is 7.66. The first kappa shape index (κ1) is 15.9. The van der Waals surface area contributed by atoms with Crippen LogP contribution in [0.25, 0.3) is 0 Å². The number of ether oxygens (including phenoxy) is 1. The van der Waals surface area contributed by atoms with Crippen LogP contribution in [0.3, 0.4) is 0 Å². The van der Waals surface area contributed by atoms with Gasteiger partial charge in [0.1, 0.15) is 0 Å². The molecule has 0 atom stereocenters. The Kier molecular flexibility index (Phi) is 6.20. The zero-order chi connectivity index (χ0) is 14.3. The largest absolute Gasteiger partial charge is 0.380 e. The maximum atomic E-state index is 11.8. The number of rotatable bonds is 8. The molecule has 0 unspecified atom stereocenters. The highest BCUT2D eigenvalue weighted by Crippen LogP contribution is 2.03. The molecule has 0 saturated carbocycles. The molecule has 1 heterocycles. The predicted octanol–water partition coefficient (Wildman–Crippen LogP) is 0.716. The first-order chi connectivity index (χ1) is 8.92. The number of aromatic amines is 1. The molecular weight excluding hydrogens is 268 g/mol. The van der Waals surface area contributed by atoms with Gasteiger partial charge >= 0.3 is 0 Å². The molecule has 0 bridgehead atoms. The summed E-state index contributed by atoms with van der Waals surface area (Å²) < 4.78 is 31.3. The molecule has 0 aliphatic heterocycles. The fraction of sp³-hybridized carbons (Fsp3) is 0.583. The molecule has 0 radical (unpaired) electrons.